The first-order chi connectivity index (χ1) is 9.83. The number of fused-ring (bicyclic) bond motifs is 1. The van der Waals surface area contributed by atoms with Crippen molar-refractivity contribution in [1.82, 2.24) is 5.32 Å². The van der Waals surface area contributed by atoms with Crippen LogP contribution in [0.1, 0.15) is 30.9 Å². The zero-order valence-electron chi connectivity index (χ0n) is 11.5. The molecule has 2 atom stereocenters. The zero-order chi connectivity index (χ0) is 13.8. The van der Waals surface area contributed by atoms with Crippen LogP contribution in [0.25, 0.3) is 0 Å². The third-order valence-corrected chi connectivity index (χ3v) is 3.79. The van der Waals surface area contributed by atoms with Crippen LogP contribution in [0.2, 0.25) is 0 Å². The van der Waals surface area contributed by atoms with E-state index in [0.29, 0.717) is 18.4 Å². The number of aliphatic hydroxyl groups is 1. The maximum atomic E-state index is 10.2. The average molecular weight is 279 g/mol. The highest BCUT2D eigenvalue weighted by Gasteiger charge is 2.17. The van der Waals surface area contributed by atoms with Gasteiger partial charge in [0.15, 0.2) is 11.5 Å². The minimum atomic E-state index is -0.533. The number of aliphatic hydroxyl groups excluding tert-OH is 1. The van der Waals surface area contributed by atoms with Gasteiger partial charge < -0.3 is 24.6 Å². The predicted molar refractivity (Wildman–Crippen MR) is 74.0 cm³/mol. The first kappa shape index (κ1) is 13.7. The number of rotatable bonds is 6. The molecule has 5 nitrogen and oxygen atoms in total. The van der Waals surface area contributed by atoms with Gasteiger partial charge in [0, 0.05) is 13.2 Å². The Hall–Kier alpha value is -1.30. The molecule has 1 saturated heterocycles. The van der Waals surface area contributed by atoms with Crippen LogP contribution in [0.5, 0.6) is 11.5 Å². The minimum Gasteiger partial charge on any atom is -0.454 e. The normalized spacial score (nSPS) is 22.1. The summed E-state index contributed by atoms with van der Waals surface area (Å²) in [5, 5.41) is 13.4. The van der Waals surface area contributed by atoms with Crippen molar-refractivity contribution in [1.29, 1.82) is 0 Å². The van der Waals surface area contributed by atoms with Crippen molar-refractivity contribution in [2.75, 3.05) is 26.5 Å². The van der Waals surface area contributed by atoms with Gasteiger partial charge in [-0.25, -0.2) is 0 Å². The van der Waals surface area contributed by atoms with Gasteiger partial charge in [0.1, 0.15) is 0 Å². The van der Waals surface area contributed by atoms with Crippen molar-refractivity contribution in [3.8, 4) is 11.5 Å². The van der Waals surface area contributed by atoms with E-state index in [9.17, 15) is 5.11 Å². The Kier molecular flexibility index (Phi) is 4.40. The summed E-state index contributed by atoms with van der Waals surface area (Å²) in [5.74, 6) is 1.45. The van der Waals surface area contributed by atoms with E-state index in [1.165, 1.54) is 6.42 Å². The third kappa shape index (κ3) is 3.23. The van der Waals surface area contributed by atoms with E-state index >= 15 is 0 Å². The van der Waals surface area contributed by atoms with E-state index in [-0.39, 0.29) is 6.79 Å². The molecule has 0 radical (unpaired) electrons. The molecule has 5 heteroatoms. The van der Waals surface area contributed by atoms with Crippen molar-refractivity contribution >= 4 is 0 Å². The molecule has 3 rings (SSSR count). The average Bonchev–Trinajstić information content (AvgIpc) is 3.13. The summed E-state index contributed by atoms with van der Waals surface area (Å²) in [6.07, 6.45) is 3.20. The van der Waals surface area contributed by atoms with Crippen LogP contribution in [0.4, 0.5) is 0 Å². The lowest BCUT2D eigenvalue weighted by Gasteiger charge is -2.14. The van der Waals surface area contributed by atoms with E-state index in [1.54, 1.807) is 0 Å². The van der Waals surface area contributed by atoms with Crippen LogP contribution in [0.3, 0.4) is 0 Å². The molecular weight excluding hydrogens is 258 g/mol. The molecule has 2 aliphatic heterocycles. The Morgan fingerprint density at radius 2 is 2.20 bits per heavy atom. The Bertz CT molecular complexity index is 445. The van der Waals surface area contributed by atoms with Crippen LogP contribution in [0, 0.1) is 0 Å². The highest BCUT2D eigenvalue weighted by molar-refractivity contribution is 5.45. The molecule has 1 aromatic rings. The molecule has 0 amide bonds. The van der Waals surface area contributed by atoms with Gasteiger partial charge in [-0.15, -0.1) is 0 Å². The van der Waals surface area contributed by atoms with Crippen LogP contribution in [-0.2, 0) is 4.74 Å². The first-order valence-electron chi connectivity index (χ1n) is 7.23. The fourth-order valence-corrected chi connectivity index (χ4v) is 2.61. The molecule has 1 fully saturated rings. The number of hydrogen-bond acceptors (Lipinski definition) is 5. The van der Waals surface area contributed by atoms with Crippen LogP contribution < -0.4 is 14.8 Å². The second kappa shape index (κ2) is 6.43. The quantitative estimate of drug-likeness (QED) is 0.775. The fourth-order valence-electron chi connectivity index (χ4n) is 2.61. The fraction of sp³-hybridized carbons (Fsp3) is 0.600. The van der Waals surface area contributed by atoms with Gasteiger partial charge in [0.2, 0.25) is 6.79 Å². The van der Waals surface area contributed by atoms with E-state index < -0.39 is 6.10 Å². The molecule has 2 N–H and O–H groups in total. The van der Waals surface area contributed by atoms with Crippen molar-refractivity contribution in [3.63, 3.8) is 0 Å². The second-order valence-electron chi connectivity index (χ2n) is 5.26. The van der Waals surface area contributed by atoms with Gasteiger partial charge >= 0.3 is 0 Å². The molecule has 1 aromatic carbocycles. The summed E-state index contributed by atoms with van der Waals surface area (Å²) in [6.45, 7) is 2.55. The summed E-state index contributed by atoms with van der Waals surface area (Å²) in [6, 6.07) is 5.56. The third-order valence-electron chi connectivity index (χ3n) is 3.79. The largest absolute Gasteiger partial charge is 0.454 e. The lowest BCUT2D eigenvalue weighted by molar-refractivity contribution is 0.102. The Labute approximate surface area is 118 Å². The lowest BCUT2D eigenvalue weighted by atomic mass is 10.1. The van der Waals surface area contributed by atoms with E-state index in [1.807, 2.05) is 18.2 Å². The van der Waals surface area contributed by atoms with Gasteiger partial charge in [-0.3, -0.25) is 0 Å². The molecule has 20 heavy (non-hydrogen) atoms. The molecule has 2 heterocycles. The summed E-state index contributed by atoms with van der Waals surface area (Å²) in [4.78, 5) is 0. The van der Waals surface area contributed by atoms with Gasteiger partial charge in [0.05, 0.1) is 12.2 Å². The van der Waals surface area contributed by atoms with E-state index in [2.05, 4.69) is 5.32 Å². The first-order valence-corrected chi connectivity index (χ1v) is 7.23. The summed E-state index contributed by atoms with van der Waals surface area (Å²) < 4.78 is 16.1. The molecule has 0 bridgehead atoms. The monoisotopic (exact) mass is 279 g/mol. The van der Waals surface area contributed by atoms with Gasteiger partial charge in [-0.1, -0.05) is 6.07 Å². The van der Waals surface area contributed by atoms with Crippen molar-refractivity contribution in [3.05, 3.63) is 23.8 Å². The summed E-state index contributed by atoms with van der Waals surface area (Å²) in [7, 11) is 0. The molecule has 2 unspecified atom stereocenters. The molecule has 0 saturated carbocycles. The zero-order valence-corrected chi connectivity index (χ0v) is 11.5. The summed E-state index contributed by atoms with van der Waals surface area (Å²) in [5.41, 5.74) is 0.846. The van der Waals surface area contributed by atoms with E-state index in [0.717, 1.165) is 37.3 Å². The topological polar surface area (TPSA) is 60.0 Å². The molecule has 110 valence electrons. The number of hydrogen-bond donors (Lipinski definition) is 2. The Morgan fingerprint density at radius 1 is 1.30 bits per heavy atom. The number of nitrogens with one attached hydrogen (secondary N) is 1. The van der Waals surface area contributed by atoms with Crippen LogP contribution >= 0.6 is 0 Å². The number of benzene rings is 1. The van der Waals surface area contributed by atoms with Crippen molar-refractivity contribution in [2.24, 2.45) is 0 Å². The van der Waals surface area contributed by atoms with Crippen LogP contribution in [0.15, 0.2) is 18.2 Å². The Balaban J connectivity index is 1.43. The molecule has 2 aliphatic rings. The molecule has 0 aliphatic carbocycles. The van der Waals surface area contributed by atoms with Crippen LogP contribution in [-0.4, -0.2) is 37.7 Å². The van der Waals surface area contributed by atoms with E-state index in [4.69, 9.17) is 14.2 Å². The summed E-state index contributed by atoms with van der Waals surface area (Å²) >= 11 is 0. The standard InChI is InChI=1S/C15H21NO4/c17-13(9-16-6-5-12-2-1-7-18-12)11-3-4-14-15(8-11)20-10-19-14/h3-4,8,12-13,16-17H,1-2,5-7,9-10H2. The van der Waals surface area contributed by atoms with Gasteiger partial charge in [0.25, 0.3) is 0 Å². The maximum Gasteiger partial charge on any atom is 0.231 e. The Morgan fingerprint density at radius 3 is 3.05 bits per heavy atom. The number of ether oxygens (including phenoxy) is 3. The highest BCUT2D eigenvalue weighted by Crippen LogP contribution is 2.34. The maximum absolute atomic E-state index is 10.2. The van der Waals surface area contributed by atoms with Crippen molar-refractivity contribution in [2.45, 2.75) is 31.5 Å². The molecular formula is C15H21NO4. The van der Waals surface area contributed by atoms with Crippen molar-refractivity contribution < 1.29 is 19.3 Å². The SMILES string of the molecule is OC(CNCCC1CCCO1)c1ccc2c(c1)OCO2. The molecule has 0 spiro atoms. The van der Waals surface area contributed by atoms with Gasteiger partial charge in [-0.05, 0) is 43.5 Å². The minimum absolute atomic E-state index is 0.258. The lowest BCUT2D eigenvalue weighted by Crippen LogP contribution is -2.25. The smallest absolute Gasteiger partial charge is 0.231 e. The highest BCUT2D eigenvalue weighted by atomic mass is 16.7. The second-order valence-corrected chi connectivity index (χ2v) is 5.26. The van der Waals surface area contributed by atoms with Gasteiger partial charge in [-0.2, -0.15) is 0 Å². The molecule has 0 aromatic heterocycles. The predicted octanol–water partition coefficient (Wildman–Crippen LogP) is 1.61.